The van der Waals surface area contributed by atoms with Gasteiger partial charge in [-0.15, -0.1) is 0 Å². The Labute approximate surface area is 93.3 Å². The number of aromatic carboxylic acids is 1. The minimum atomic E-state index is -1.18. The Bertz CT molecular complexity index is 462. The number of aromatic nitrogens is 1. The van der Waals surface area contributed by atoms with Crippen LogP contribution >= 0.6 is 0 Å². The van der Waals surface area contributed by atoms with Gasteiger partial charge in [0.2, 0.25) is 0 Å². The summed E-state index contributed by atoms with van der Waals surface area (Å²) >= 11 is 0. The molecule has 16 heavy (non-hydrogen) atoms. The van der Waals surface area contributed by atoms with Gasteiger partial charge in [-0.2, -0.15) is 0 Å². The average Bonchev–Trinajstić information content (AvgIpc) is 2.21. The molecule has 1 rings (SSSR count). The van der Waals surface area contributed by atoms with Crippen LogP contribution in [0.5, 0.6) is 0 Å². The Balaban J connectivity index is 3.33. The smallest absolute Gasteiger partial charge is 0.341 e. The molecule has 5 heteroatoms. The lowest BCUT2D eigenvalue weighted by Crippen LogP contribution is -2.29. The second-order valence-electron chi connectivity index (χ2n) is 3.61. The molecule has 0 unspecified atom stereocenters. The second-order valence-corrected chi connectivity index (χ2v) is 3.61. The molecule has 88 valence electrons. The van der Waals surface area contributed by atoms with E-state index in [9.17, 15) is 9.59 Å². The number of ether oxygens (including phenoxy) is 1. The first-order valence-electron chi connectivity index (χ1n) is 4.92. The third kappa shape index (κ3) is 2.30. The first kappa shape index (κ1) is 12.4. The van der Waals surface area contributed by atoms with Crippen LogP contribution in [0, 0.1) is 13.8 Å². The van der Waals surface area contributed by atoms with Crippen LogP contribution in [0.4, 0.5) is 0 Å². The molecular formula is C11H15NO4. The maximum atomic E-state index is 11.8. The number of carboxylic acids is 1. The summed E-state index contributed by atoms with van der Waals surface area (Å²) in [4.78, 5) is 22.8. The van der Waals surface area contributed by atoms with E-state index in [1.165, 1.54) is 11.7 Å². The zero-order valence-corrected chi connectivity index (χ0v) is 9.61. The van der Waals surface area contributed by atoms with E-state index >= 15 is 0 Å². The molecule has 1 heterocycles. The lowest BCUT2D eigenvalue weighted by atomic mass is 10.1. The average molecular weight is 225 g/mol. The first-order valence-corrected chi connectivity index (χ1v) is 4.92. The van der Waals surface area contributed by atoms with Gasteiger partial charge in [-0.3, -0.25) is 4.79 Å². The van der Waals surface area contributed by atoms with Gasteiger partial charge >= 0.3 is 5.97 Å². The predicted octanol–water partition coefficient (Wildman–Crippen LogP) is 0.810. The largest absolute Gasteiger partial charge is 0.477 e. The third-order valence-corrected chi connectivity index (χ3v) is 2.54. The monoisotopic (exact) mass is 225 g/mol. The minimum Gasteiger partial charge on any atom is -0.477 e. The summed E-state index contributed by atoms with van der Waals surface area (Å²) in [6.07, 6.45) is 1.66. The summed E-state index contributed by atoms with van der Waals surface area (Å²) in [5, 5.41) is 8.98. The van der Waals surface area contributed by atoms with Crippen molar-refractivity contribution < 1.29 is 14.6 Å². The van der Waals surface area contributed by atoms with E-state index in [2.05, 4.69) is 0 Å². The van der Waals surface area contributed by atoms with E-state index < -0.39 is 11.5 Å². The van der Waals surface area contributed by atoms with Gasteiger partial charge in [0, 0.05) is 19.9 Å². The van der Waals surface area contributed by atoms with Crippen molar-refractivity contribution in [3.63, 3.8) is 0 Å². The molecular weight excluding hydrogens is 210 g/mol. The van der Waals surface area contributed by atoms with Crippen molar-refractivity contribution in [1.29, 1.82) is 0 Å². The molecule has 0 amide bonds. The van der Waals surface area contributed by atoms with E-state index in [1.807, 2.05) is 0 Å². The highest BCUT2D eigenvalue weighted by Gasteiger charge is 2.16. The SMILES string of the molecule is COCCn1cc(C)c(C)c(C(=O)O)c1=O. The van der Waals surface area contributed by atoms with Crippen LogP contribution in [0.25, 0.3) is 0 Å². The van der Waals surface area contributed by atoms with Gasteiger partial charge in [-0.25, -0.2) is 4.79 Å². The quantitative estimate of drug-likeness (QED) is 0.823. The van der Waals surface area contributed by atoms with Crippen molar-refractivity contribution in [2.45, 2.75) is 20.4 Å². The minimum absolute atomic E-state index is 0.156. The van der Waals surface area contributed by atoms with Crippen molar-refractivity contribution in [3.8, 4) is 0 Å². The van der Waals surface area contributed by atoms with E-state index in [0.717, 1.165) is 5.56 Å². The highest BCUT2D eigenvalue weighted by molar-refractivity contribution is 5.89. The van der Waals surface area contributed by atoms with Gasteiger partial charge in [-0.05, 0) is 25.0 Å². The van der Waals surface area contributed by atoms with Crippen LogP contribution < -0.4 is 5.56 Å². The highest BCUT2D eigenvalue weighted by atomic mass is 16.5. The Morgan fingerprint density at radius 1 is 1.50 bits per heavy atom. The number of hydrogen-bond donors (Lipinski definition) is 1. The molecule has 1 aromatic rings. The van der Waals surface area contributed by atoms with Crippen LogP contribution in [0.3, 0.4) is 0 Å². The molecule has 0 aromatic carbocycles. The van der Waals surface area contributed by atoms with Crippen molar-refractivity contribution in [2.24, 2.45) is 0 Å². The normalized spacial score (nSPS) is 10.4. The fourth-order valence-electron chi connectivity index (χ4n) is 1.50. The lowest BCUT2D eigenvalue weighted by Gasteiger charge is -2.10. The molecule has 0 spiro atoms. The Hall–Kier alpha value is -1.62. The zero-order chi connectivity index (χ0) is 12.3. The standard InChI is InChI=1S/C11H15NO4/c1-7-6-12(4-5-16-3)10(13)9(8(7)2)11(14)15/h6H,4-5H2,1-3H3,(H,14,15). The first-order chi connectivity index (χ1) is 7.49. The van der Waals surface area contributed by atoms with Crippen molar-refractivity contribution in [2.75, 3.05) is 13.7 Å². The van der Waals surface area contributed by atoms with E-state index in [-0.39, 0.29) is 5.56 Å². The fraction of sp³-hybridized carbons (Fsp3) is 0.455. The number of methoxy groups -OCH3 is 1. The Morgan fingerprint density at radius 2 is 2.12 bits per heavy atom. The molecule has 0 fully saturated rings. The summed E-state index contributed by atoms with van der Waals surface area (Å²) in [6.45, 7) is 4.16. The van der Waals surface area contributed by atoms with Crippen molar-refractivity contribution >= 4 is 5.97 Å². The number of rotatable bonds is 4. The summed E-state index contributed by atoms with van der Waals surface area (Å²) in [7, 11) is 1.53. The molecule has 0 aliphatic rings. The Morgan fingerprint density at radius 3 is 2.62 bits per heavy atom. The molecule has 0 aliphatic heterocycles. The van der Waals surface area contributed by atoms with Gasteiger partial charge in [0.15, 0.2) is 0 Å². The third-order valence-electron chi connectivity index (χ3n) is 2.54. The summed E-state index contributed by atoms with van der Waals surface area (Å²) in [5.41, 5.74) is 0.669. The number of nitrogens with zero attached hydrogens (tertiary/aromatic N) is 1. The number of hydrogen-bond acceptors (Lipinski definition) is 3. The molecule has 0 bridgehead atoms. The van der Waals surface area contributed by atoms with Gasteiger partial charge in [0.25, 0.3) is 5.56 Å². The lowest BCUT2D eigenvalue weighted by molar-refractivity contribution is 0.0693. The summed E-state index contributed by atoms with van der Waals surface area (Å²) < 4.78 is 6.23. The number of pyridine rings is 1. The summed E-state index contributed by atoms with van der Waals surface area (Å²) in [5.74, 6) is -1.18. The maximum Gasteiger partial charge on any atom is 0.341 e. The van der Waals surface area contributed by atoms with Crippen molar-refractivity contribution in [3.05, 3.63) is 33.2 Å². The maximum absolute atomic E-state index is 11.8. The molecule has 0 saturated carbocycles. The van der Waals surface area contributed by atoms with Crippen LogP contribution in [0.2, 0.25) is 0 Å². The Kier molecular flexibility index (Phi) is 3.84. The van der Waals surface area contributed by atoms with Gasteiger partial charge in [-0.1, -0.05) is 0 Å². The number of carboxylic acid groups (broad SMARTS) is 1. The fourth-order valence-corrected chi connectivity index (χ4v) is 1.50. The van der Waals surface area contributed by atoms with Crippen LogP contribution in [-0.4, -0.2) is 29.4 Å². The molecule has 5 nitrogen and oxygen atoms in total. The van der Waals surface area contributed by atoms with Gasteiger partial charge in [0.1, 0.15) is 5.56 Å². The van der Waals surface area contributed by atoms with Gasteiger partial charge in [0.05, 0.1) is 6.61 Å². The zero-order valence-electron chi connectivity index (χ0n) is 9.61. The molecule has 0 radical (unpaired) electrons. The summed E-state index contributed by atoms with van der Waals surface area (Å²) in [6, 6.07) is 0. The van der Waals surface area contributed by atoms with E-state index in [1.54, 1.807) is 20.0 Å². The van der Waals surface area contributed by atoms with Crippen LogP contribution in [0.1, 0.15) is 21.5 Å². The van der Waals surface area contributed by atoms with E-state index in [4.69, 9.17) is 9.84 Å². The second kappa shape index (κ2) is 4.94. The van der Waals surface area contributed by atoms with Crippen LogP contribution in [0.15, 0.2) is 11.0 Å². The molecule has 1 N–H and O–H groups in total. The molecule has 0 aliphatic carbocycles. The molecule has 0 atom stereocenters. The van der Waals surface area contributed by atoms with E-state index in [0.29, 0.717) is 18.7 Å². The molecule has 0 saturated heterocycles. The number of aryl methyl sites for hydroxylation is 1. The predicted molar refractivity (Wildman–Crippen MR) is 59.0 cm³/mol. The van der Waals surface area contributed by atoms with Crippen molar-refractivity contribution in [1.82, 2.24) is 4.57 Å². The number of carbonyl (C=O) groups is 1. The van der Waals surface area contributed by atoms with Gasteiger partial charge < -0.3 is 14.4 Å². The van der Waals surface area contributed by atoms with Crippen LogP contribution in [-0.2, 0) is 11.3 Å². The topological polar surface area (TPSA) is 68.5 Å². The highest BCUT2D eigenvalue weighted by Crippen LogP contribution is 2.08. The molecule has 1 aromatic heterocycles.